The van der Waals surface area contributed by atoms with Gasteiger partial charge in [-0.1, -0.05) is 18.2 Å². The fourth-order valence-corrected chi connectivity index (χ4v) is 2.63. The van der Waals surface area contributed by atoms with E-state index in [9.17, 15) is 9.59 Å². The average Bonchev–Trinajstić information content (AvgIpc) is 2.93. The highest BCUT2D eigenvalue weighted by Crippen LogP contribution is 2.14. The van der Waals surface area contributed by atoms with Crippen LogP contribution in [0.4, 0.5) is 5.69 Å². The number of hydrogen-bond donors (Lipinski definition) is 2. The van der Waals surface area contributed by atoms with Crippen molar-refractivity contribution in [2.45, 2.75) is 20.8 Å². The Morgan fingerprint density at radius 3 is 2.30 bits per heavy atom. The van der Waals surface area contributed by atoms with E-state index in [1.54, 1.807) is 24.3 Å². The Bertz CT molecular complexity index is 964. The number of aryl methyl sites for hydroxylation is 2. The molecule has 3 rings (SSSR count). The van der Waals surface area contributed by atoms with Crippen molar-refractivity contribution in [3.63, 3.8) is 0 Å². The summed E-state index contributed by atoms with van der Waals surface area (Å²) in [6.07, 6.45) is 3.04. The molecule has 0 aliphatic rings. The molecule has 0 aliphatic carbocycles. The fraction of sp³-hybridized carbons (Fsp3) is 0.211. The van der Waals surface area contributed by atoms with Gasteiger partial charge in [0, 0.05) is 11.3 Å². The lowest BCUT2D eigenvalue weighted by Crippen LogP contribution is -2.32. The highest BCUT2D eigenvalue weighted by atomic mass is 16.2. The Morgan fingerprint density at radius 1 is 1.04 bits per heavy atom. The van der Waals surface area contributed by atoms with E-state index in [4.69, 9.17) is 0 Å². The van der Waals surface area contributed by atoms with Crippen LogP contribution in [0.25, 0.3) is 5.95 Å². The van der Waals surface area contributed by atoms with E-state index in [1.165, 1.54) is 12.4 Å². The number of imidazole rings is 1. The van der Waals surface area contributed by atoms with E-state index in [0.29, 0.717) is 17.2 Å². The summed E-state index contributed by atoms with van der Waals surface area (Å²) in [5.41, 5.74) is 2.83. The summed E-state index contributed by atoms with van der Waals surface area (Å²) in [5, 5.41) is 5.23. The smallest absolute Gasteiger partial charge is 0.251 e. The van der Waals surface area contributed by atoms with Gasteiger partial charge in [-0.3, -0.25) is 14.2 Å². The van der Waals surface area contributed by atoms with Crippen LogP contribution in [0.1, 0.15) is 27.6 Å². The molecule has 138 valence electrons. The molecular weight excluding hydrogens is 344 g/mol. The van der Waals surface area contributed by atoms with E-state index in [0.717, 1.165) is 17.2 Å². The lowest BCUT2D eigenvalue weighted by Gasteiger charge is -2.09. The van der Waals surface area contributed by atoms with Gasteiger partial charge in [0.25, 0.3) is 5.91 Å². The van der Waals surface area contributed by atoms with Crippen LogP contribution in [0.15, 0.2) is 42.7 Å². The number of aromatic nitrogens is 4. The van der Waals surface area contributed by atoms with Gasteiger partial charge in [-0.05, 0) is 32.9 Å². The Morgan fingerprint density at radius 2 is 1.70 bits per heavy atom. The SMILES string of the molecule is Cc1nc(C)n(-c2ncc(NC(=O)CNC(=O)c3ccccc3)cn2)c1C. The molecule has 8 nitrogen and oxygen atoms in total. The number of carbonyl (C=O) groups excluding carboxylic acids is 2. The Balaban J connectivity index is 1.59. The number of nitrogens with one attached hydrogen (secondary N) is 2. The summed E-state index contributed by atoms with van der Waals surface area (Å²) < 4.78 is 1.85. The molecule has 2 heterocycles. The van der Waals surface area contributed by atoms with Crippen LogP contribution in [0, 0.1) is 20.8 Å². The minimum atomic E-state index is -0.360. The lowest BCUT2D eigenvalue weighted by atomic mass is 10.2. The molecule has 8 heteroatoms. The first kappa shape index (κ1) is 18.2. The van der Waals surface area contributed by atoms with E-state index in [-0.39, 0.29) is 18.4 Å². The van der Waals surface area contributed by atoms with Gasteiger partial charge in [0.15, 0.2) is 0 Å². The Kier molecular flexibility index (Phi) is 5.25. The molecule has 3 aromatic rings. The van der Waals surface area contributed by atoms with Crippen molar-refractivity contribution in [2.75, 3.05) is 11.9 Å². The minimum Gasteiger partial charge on any atom is -0.343 e. The highest BCUT2D eigenvalue weighted by molar-refractivity contribution is 5.99. The summed E-state index contributed by atoms with van der Waals surface area (Å²) in [6, 6.07) is 8.71. The standard InChI is InChI=1S/C19H20N6O2/c1-12-13(2)25(14(3)23-12)19-21-9-16(10-22-19)24-17(26)11-20-18(27)15-7-5-4-6-8-15/h4-10H,11H2,1-3H3,(H,20,27)(H,24,26). The Labute approximate surface area is 156 Å². The summed E-state index contributed by atoms with van der Waals surface area (Å²) in [4.78, 5) is 36.9. The molecule has 0 unspecified atom stereocenters. The zero-order valence-electron chi connectivity index (χ0n) is 15.4. The van der Waals surface area contributed by atoms with Crippen molar-refractivity contribution in [2.24, 2.45) is 0 Å². The maximum absolute atomic E-state index is 12.0. The topological polar surface area (TPSA) is 102 Å². The quantitative estimate of drug-likeness (QED) is 0.720. The number of carbonyl (C=O) groups is 2. The van der Waals surface area contributed by atoms with Crippen LogP contribution in [-0.2, 0) is 4.79 Å². The second kappa shape index (κ2) is 7.77. The fourth-order valence-electron chi connectivity index (χ4n) is 2.63. The number of benzene rings is 1. The third kappa shape index (κ3) is 4.17. The van der Waals surface area contributed by atoms with Crippen molar-refractivity contribution < 1.29 is 9.59 Å². The van der Waals surface area contributed by atoms with Crippen molar-refractivity contribution in [3.05, 3.63) is 65.5 Å². The minimum absolute atomic E-state index is 0.144. The molecule has 0 saturated heterocycles. The zero-order valence-corrected chi connectivity index (χ0v) is 15.4. The third-order valence-corrected chi connectivity index (χ3v) is 4.08. The molecule has 0 atom stereocenters. The van der Waals surface area contributed by atoms with Crippen LogP contribution < -0.4 is 10.6 Å². The predicted octanol–water partition coefficient (Wildman–Crippen LogP) is 1.96. The van der Waals surface area contributed by atoms with Crippen LogP contribution in [-0.4, -0.2) is 37.9 Å². The van der Waals surface area contributed by atoms with Crippen LogP contribution >= 0.6 is 0 Å². The van der Waals surface area contributed by atoms with Gasteiger partial charge in [-0.2, -0.15) is 0 Å². The first-order valence-electron chi connectivity index (χ1n) is 8.44. The molecule has 2 amide bonds. The number of amides is 2. The maximum Gasteiger partial charge on any atom is 0.251 e. The monoisotopic (exact) mass is 364 g/mol. The molecule has 0 fully saturated rings. The third-order valence-electron chi connectivity index (χ3n) is 4.08. The molecule has 0 spiro atoms. The second-order valence-electron chi connectivity index (χ2n) is 6.03. The largest absolute Gasteiger partial charge is 0.343 e. The van der Waals surface area contributed by atoms with E-state index in [1.807, 2.05) is 31.4 Å². The molecule has 0 aliphatic heterocycles. The van der Waals surface area contributed by atoms with Gasteiger partial charge in [0.1, 0.15) is 5.82 Å². The molecule has 2 aromatic heterocycles. The van der Waals surface area contributed by atoms with Crippen LogP contribution in [0.2, 0.25) is 0 Å². The second-order valence-corrected chi connectivity index (χ2v) is 6.03. The molecule has 27 heavy (non-hydrogen) atoms. The summed E-state index contributed by atoms with van der Waals surface area (Å²) in [5.74, 6) is 0.617. The lowest BCUT2D eigenvalue weighted by molar-refractivity contribution is -0.115. The predicted molar refractivity (Wildman–Crippen MR) is 101 cm³/mol. The number of rotatable bonds is 5. The Hall–Kier alpha value is -3.55. The van der Waals surface area contributed by atoms with Crippen molar-refractivity contribution in [1.29, 1.82) is 0 Å². The average molecular weight is 364 g/mol. The number of anilines is 1. The molecule has 1 aromatic carbocycles. The molecule has 0 radical (unpaired) electrons. The first-order chi connectivity index (χ1) is 13.0. The van der Waals surface area contributed by atoms with Crippen LogP contribution in [0.5, 0.6) is 0 Å². The summed E-state index contributed by atoms with van der Waals surface area (Å²) in [7, 11) is 0. The molecular formula is C19H20N6O2. The van der Waals surface area contributed by atoms with Gasteiger partial charge in [0.2, 0.25) is 11.9 Å². The van der Waals surface area contributed by atoms with E-state index >= 15 is 0 Å². The molecule has 2 N–H and O–H groups in total. The maximum atomic E-state index is 12.0. The highest BCUT2D eigenvalue weighted by Gasteiger charge is 2.12. The summed E-state index contributed by atoms with van der Waals surface area (Å²) >= 11 is 0. The van der Waals surface area contributed by atoms with Gasteiger partial charge in [-0.25, -0.2) is 15.0 Å². The van der Waals surface area contributed by atoms with E-state index in [2.05, 4.69) is 25.6 Å². The van der Waals surface area contributed by atoms with Crippen LogP contribution in [0.3, 0.4) is 0 Å². The van der Waals surface area contributed by atoms with Gasteiger partial charge >= 0.3 is 0 Å². The molecule has 0 bridgehead atoms. The zero-order chi connectivity index (χ0) is 19.4. The number of nitrogens with zero attached hydrogens (tertiary/aromatic N) is 4. The van der Waals surface area contributed by atoms with Crippen molar-refractivity contribution >= 4 is 17.5 Å². The normalized spacial score (nSPS) is 10.5. The number of hydrogen-bond acceptors (Lipinski definition) is 5. The molecule has 0 saturated carbocycles. The van der Waals surface area contributed by atoms with Crippen molar-refractivity contribution in [3.8, 4) is 5.95 Å². The van der Waals surface area contributed by atoms with Gasteiger partial charge in [-0.15, -0.1) is 0 Å². The van der Waals surface area contributed by atoms with Gasteiger partial charge in [0.05, 0.1) is 30.3 Å². The van der Waals surface area contributed by atoms with Gasteiger partial charge < -0.3 is 10.6 Å². The summed E-state index contributed by atoms with van der Waals surface area (Å²) in [6.45, 7) is 5.61. The van der Waals surface area contributed by atoms with E-state index < -0.39 is 0 Å². The first-order valence-corrected chi connectivity index (χ1v) is 8.44. The van der Waals surface area contributed by atoms with Crippen molar-refractivity contribution in [1.82, 2.24) is 24.8 Å².